The topological polar surface area (TPSA) is 89.6 Å². The zero-order valence-corrected chi connectivity index (χ0v) is 7.02. The average molecular weight is 176 g/mol. The van der Waals surface area contributed by atoms with E-state index < -0.39 is 0 Å². The predicted molar refractivity (Wildman–Crippen MR) is 49.1 cm³/mol. The molecule has 66 valence electrons. The summed E-state index contributed by atoms with van der Waals surface area (Å²) in [5, 5.41) is 3.59. The third-order valence-corrected chi connectivity index (χ3v) is 1.58. The Bertz CT molecular complexity index is 440. The van der Waals surface area contributed by atoms with Crippen LogP contribution in [0.2, 0.25) is 0 Å². The molecule has 0 saturated heterocycles. The average Bonchev–Trinajstić information content (AvgIpc) is 2.16. The summed E-state index contributed by atoms with van der Waals surface area (Å²) in [6.07, 6.45) is 3.24. The predicted octanol–water partition coefficient (Wildman–Crippen LogP) is 0.0437. The van der Waals surface area contributed by atoms with Crippen molar-refractivity contribution >= 4 is 22.9 Å². The maximum atomic E-state index is 5.41. The molecule has 0 aromatic carbocycles. The van der Waals surface area contributed by atoms with Gasteiger partial charge in [-0.15, -0.1) is 0 Å². The van der Waals surface area contributed by atoms with E-state index in [9.17, 15) is 0 Å². The van der Waals surface area contributed by atoms with Crippen LogP contribution in [0.4, 0.5) is 11.9 Å². The number of nitrogens with zero attached hydrogens (tertiary/aromatic N) is 4. The van der Waals surface area contributed by atoms with Gasteiger partial charge in [-0.2, -0.15) is 9.97 Å². The van der Waals surface area contributed by atoms with Gasteiger partial charge < -0.3 is 11.1 Å². The summed E-state index contributed by atoms with van der Waals surface area (Å²) in [4.78, 5) is 15.9. The van der Waals surface area contributed by atoms with Crippen molar-refractivity contribution in [3.8, 4) is 0 Å². The number of aromatic nitrogens is 4. The quantitative estimate of drug-likeness (QED) is 0.637. The van der Waals surface area contributed by atoms with Gasteiger partial charge in [-0.25, -0.2) is 9.97 Å². The molecule has 0 spiro atoms. The second kappa shape index (κ2) is 2.81. The van der Waals surface area contributed by atoms with Gasteiger partial charge in [0.05, 0.1) is 5.39 Å². The molecule has 13 heavy (non-hydrogen) atoms. The van der Waals surface area contributed by atoms with Crippen molar-refractivity contribution in [3.05, 3.63) is 12.4 Å². The number of hydrogen-bond donors (Lipinski definition) is 2. The van der Waals surface area contributed by atoms with E-state index in [1.807, 2.05) is 0 Å². The van der Waals surface area contributed by atoms with E-state index in [-0.39, 0.29) is 5.95 Å². The highest BCUT2D eigenvalue weighted by atomic mass is 15.1. The number of fused-ring (bicyclic) bond motifs is 1. The monoisotopic (exact) mass is 176 g/mol. The lowest BCUT2D eigenvalue weighted by atomic mass is 10.4. The van der Waals surface area contributed by atoms with Crippen LogP contribution in [0.25, 0.3) is 11.0 Å². The molecule has 2 heterocycles. The molecule has 0 unspecified atom stereocenters. The van der Waals surface area contributed by atoms with Crippen LogP contribution in [0.15, 0.2) is 12.4 Å². The van der Waals surface area contributed by atoms with Gasteiger partial charge >= 0.3 is 0 Å². The van der Waals surface area contributed by atoms with Crippen molar-refractivity contribution in [1.29, 1.82) is 0 Å². The van der Waals surface area contributed by atoms with Gasteiger partial charge in [-0.3, -0.25) is 0 Å². The molecule has 0 radical (unpaired) electrons. The number of nitrogen functional groups attached to an aromatic ring is 1. The van der Waals surface area contributed by atoms with E-state index in [0.717, 1.165) is 5.39 Å². The highest BCUT2D eigenvalue weighted by molar-refractivity contribution is 5.74. The Hall–Kier alpha value is -1.98. The molecule has 0 aliphatic heterocycles. The maximum absolute atomic E-state index is 5.41. The Morgan fingerprint density at radius 3 is 2.77 bits per heavy atom. The van der Waals surface area contributed by atoms with Crippen molar-refractivity contribution in [1.82, 2.24) is 19.9 Å². The first kappa shape index (κ1) is 7.66. The van der Waals surface area contributed by atoms with Crippen LogP contribution in [0.3, 0.4) is 0 Å². The van der Waals surface area contributed by atoms with Gasteiger partial charge in [0.2, 0.25) is 11.9 Å². The molecule has 3 N–H and O–H groups in total. The van der Waals surface area contributed by atoms with E-state index in [1.54, 1.807) is 19.4 Å². The third kappa shape index (κ3) is 1.33. The Morgan fingerprint density at radius 1 is 1.23 bits per heavy atom. The zero-order chi connectivity index (χ0) is 9.26. The molecule has 6 heteroatoms. The summed E-state index contributed by atoms with van der Waals surface area (Å²) in [6.45, 7) is 0. The molecule has 0 saturated carbocycles. The third-order valence-electron chi connectivity index (χ3n) is 1.58. The molecule has 0 aliphatic rings. The largest absolute Gasteiger partial charge is 0.368 e. The fourth-order valence-electron chi connectivity index (χ4n) is 0.956. The van der Waals surface area contributed by atoms with Crippen LogP contribution in [0.5, 0.6) is 0 Å². The second-order valence-electron chi connectivity index (χ2n) is 2.45. The summed E-state index contributed by atoms with van der Waals surface area (Å²) in [6, 6.07) is 0. The highest BCUT2D eigenvalue weighted by Crippen LogP contribution is 2.09. The van der Waals surface area contributed by atoms with Gasteiger partial charge in [0, 0.05) is 19.4 Å². The van der Waals surface area contributed by atoms with Crippen LogP contribution in [-0.4, -0.2) is 27.0 Å². The van der Waals surface area contributed by atoms with Gasteiger partial charge in [0.15, 0.2) is 5.65 Å². The first-order valence-corrected chi connectivity index (χ1v) is 3.72. The lowest BCUT2D eigenvalue weighted by molar-refractivity contribution is 1.14. The second-order valence-corrected chi connectivity index (χ2v) is 2.45. The van der Waals surface area contributed by atoms with Crippen LogP contribution in [0.1, 0.15) is 0 Å². The Balaban J connectivity index is 2.68. The Labute approximate surface area is 74.2 Å². The lowest BCUT2D eigenvalue weighted by Crippen LogP contribution is -2.00. The van der Waals surface area contributed by atoms with E-state index >= 15 is 0 Å². The molecule has 0 aliphatic carbocycles. The maximum Gasteiger partial charge on any atom is 0.224 e. The van der Waals surface area contributed by atoms with E-state index in [4.69, 9.17) is 5.73 Å². The molecule has 0 bridgehead atoms. The normalized spacial score (nSPS) is 10.2. The van der Waals surface area contributed by atoms with Crippen LogP contribution in [-0.2, 0) is 0 Å². The molecule has 0 amide bonds. The van der Waals surface area contributed by atoms with Gasteiger partial charge in [0.25, 0.3) is 0 Å². The summed E-state index contributed by atoms with van der Waals surface area (Å²) in [7, 11) is 1.74. The summed E-state index contributed by atoms with van der Waals surface area (Å²) in [5.74, 6) is 0.735. The van der Waals surface area contributed by atoms with Crippen molar-refractivity contribution in [2.24, 2.45) is 0 Å². The van der Waals surface area contributed by atoms with Crippen molar-refractivity contribution in [3.63, 3.8) is 0 Å². The smallest absolute Gasteiger partial charge is 0.224 e. The molecule has 6 nitrogen and oxygen atoms in total. The van der Waals surface area contributed by atoms with E-state index in [0.29, 0.717) is 11.6 Å². The molecule has 0 fully saturated rings. The van der Waals surface area contributed by atoms with Crippen molar-refractivity contribution in [2.45, 2.75) is 0 Å². The van der Waals surface area contributed by atoms with Gasteiger partial charge in [-0.05, 0) is 0 Å². The molecular weight excluding hydrogens is 168 g/mol. The summed E-state index contributed by atoms with van der Waals surface area (Å²) < 4.78 is 0. The SMILES string of the molecule is CNc1ncc2cnc(N)nc2n1. The fourth-order valence-corrected chi connectivity index (χ4v) is 0.956. The first-order chi connectivity index (χ1) is 6.29. The van der Waals surface area contributed by atoms with Crippen LogP contribution < -0.4 is 11.1 Å². The van der Waals surface area contributed by atoms with Gasteiger partial charge in [0.1, 0.15) is 0 Å². The Kier molecular flexibility index (Phi) is 1.66. The minimum absolute atomic E-state index is 0.216. The van der Waals surface area contributed by atoms with Crippen LogP contribution >= 0.6 is 0 Å². The number of nitrogens with two attached hydrogens (primary N) is 1. The van der Waals surface area contributed by atoms with Crippen LogP contribution in [0, 0.1) is 0 Å². The number of hydrogen-bond acceptors (Lipinski definition) is 6. The molecule has 2 aromatic rings. The summed E-state index contributed by atoms with van der Waals surface area (Å²) in [5.41, 5.74) is 5.96. The first-order valence-electron chi connectivity index (χ1n) is 3.72. The Morgan fingerprint density at radius 2 is 2.00 bits per heavy atom. The number of anilines is 2. The standard InChI is InChI=1S/C7H8N6/c1-9-7-11-3-4-2-10-6(8)12-5(4)13-7/h2-3H,1H3,(H3,8,9,10,11,12,13). The molecule has 2 aromatic heterocycles. The minimum atomic E-state index is 0.216. The fraction of sp³-hybridized carbons (Fsp3) is 0.143. The van der Waals surface area contributed by atoms with Crippen molar-refractivity contribution in [2.75, 3.05) is 18.1 Å². The number of rotatable bonds is 1. The summed E-state index contributed by atoms with van der Waals surface area (Å²) >= 11 is 0. The minimum Gasteiger partial charge on any atom is -0.368 e. The van der Waals surface area contributed by atoms with E-state index in [1.165, 1.54) is 0 Å². The highest BCUT2D eigenvalue weighted by Gasteiger charge is 1.99. The van der Waals surface area contributed by atoms with Gasteiger partial charge in [-0.1, -0.05) is 0 Å². The zero-order valence-electron chi connectivity index (χ0n) is 7.02. The molecular formula is C7H8N6. The molecule has 0 atom stereocenters. The van der Waals surface area contributed by atoms with Crippen molar-refractivity contribution < 1.29 is 0 Å². The van der Waals surface area contributed by atoms with E-state index in [2.05, 4.69) is 25.3 Å². The lowest BCUT2D eigenvalue weighted by Gasteiger charge is -1.99. The number of nitrogens with one attached hydrogen (secondary N) is 1. The molecule has 2 rings (SSSR count).